The fourth-order valence-corrected chi connectivity index (χ4v) is 6.10. The molecule has 3 aliphatic rings. The molecule has 9 heteroatoms. The van der Waals surface area contributed by atoms with Gasteiger partial charge in [-0.1, -0.05) is 13.3 Å². The number of carbonyl (C=O) groups is 1. The summed E-state index contributed by atoms with van der Waals surface area (Å²) in [6.45, 7) is 7.96. The van der Waals surface area contributed by atoms with Gasteiger partial charge in [0.1, 0.15) is 6.04 Å². The summed E-state index contributed by atoms with van der Waals surface area (Å²) in [4.78, 5) is 17.5. The molecule has 3 saturated heterocycles. The van der Waals surface area contributed by atoms with Gasteiger partial charge in [-0.05, 0) is 25.7 Å². The van der Waals surface area contributed by atoms with Crippen molar-refractivity contribution in [1.82, 2.24) is 19.4 Å². The number of piperazine rings is 1. The molecule has 1 N–H and O–H groups in total. The second kappa shape index (κ2) is 9.68. The van der Waals surface area contributed by atoms with Crippen LogP contribution in [0.2, 0.25) is 0 Å². The van der Waals surface area contributed by atoms with Gasteiger partial charge >= 0.3 is 0 Å². The van der Waals surface area contributed by atoms with Crippen LogP contribution in [0, 0.1) is 0 Å². The number of piperidine rings is 1. The molecule has 1 amide bonds. The summed E-state index contributed by atoms with van der Waals surface area (Å²) in [5.74, 6) is 0.164. The van der Waals surface area contributed by atoms with E-state index in [0.717, 1.165) is 58.5 Å². The van der Waals surface area contributed by atoms with Crippen LogP contribution in [0.1, 0.15) is 39.0 Å². The Hall–Kier alpha value is -0.410. The van der Waals surface area contributed by atoms with Crippen LogP contribution < -0.4 is 5.32 Å². The first-order valence-corrected chi connectivity index (χ1v) is 11.4. The SMILES string of the molecule is CCCS(=O)(=O)N1CCCCC1C(=O)N1CCC(N2CCNCC2)C1.Cl. The van der Waals surface area contributed by atoms with E-state index in [1.807, 2.05) is 11.8 Å². The summed E-state index contributed by atoms with van der Waals surface area (Å²) in [5.41, 5.74) is 0. The zero-order valence-corrected chi connectivity index (χ0v) is 17.4. The Morgan fingerprint density at radius 1 is 1.08 bits per heavy atom. The van der Waals surface area contributed by atoms with E-state index in [-0.39, 0.29) is 24.1 Å². The average Bonchev–Trinajstić information content (AvgIpc) is 3.12. The summed E-state index contributed by atoms with van der Waals surface area (Å²) in [6, 6.07) is -0.0533. The number of amides is 1. The Morgan fingerprint density at radius 3 is 2.50 bits per heavy atom. The number of nitrogens with zero attached hydrogens (tertiary/aromatic N) is 3. The molecule has 3 aliphatic heterocycles. The fourth-order valence-electron chi connectivity index (χ4n) is 4.36. The number of likely N-dealkylation sites (tertiary alicyclic amines) is 1. The molecule has 0 aliphatic carbocycles. The molecule has 0 aromatic carbocycles. The molecule has 0 spiro atoms. The third kappa shape index (κ3) is 4.90. The highest BCUT2D eigenvalue weighted by atomic mass is 35.5. The first-order chi connectivity index (χ1) is 12.0. The Balaban J connectivity index is 0.00000243. The predicted octanol–water partition coefficient (Wildman–Crippen LogP) is 0.509. The summed E-state index contributed by atoms with van der Waals surface area (Å²) < 4.78 is 26.6. The second-order valence-corrected chi connectivity index (χ2v) is 9.49. The fraction of sp³-hybridized carbons (Fsp3) is 0.941. The number of hydrogen-bond donors (Lipinski definition) is 1. The van der Waals surface area contributed by atoms with Gasteiger partial charge in [-0.2, -0.15) is 4.31 Å². The normalized spacial score (nSPS) is 28.7. The van der Waals surface area contributed by atoms with Gasteiger partial charge in [0.15, 0.2) is 0 Å². The molecule has 0 aromatic heterocycles. The van der Waals surface area contributed by atoms with E-state index in [9.17, 15) is 13.2 Å². The van der Waals surface area contributed by atoms with Crippen molar-refractivity contribution in [3.05, 3.63) is 0 Å². The van der Waals surface area contributed by atoms with Gasteiger partial charge in [0, 0.05) is 51.9 Å². The minimum absolute atomic E-state index is 0. The quantitative estimate of drug-likeness (QED) is 0.717. The monoisotopic (exact) mass is 408 g/mol. The molecule has 3 fully saturated rings. The van der Waals surface area contributed by atoms with Crippen molar-refractivity contribution < 1.29 is 13.2 Å². The lowest BCUT2D eigenvalue weighted by Gasteiger charge is -2.36. The molecule has 26 heavy (non-hydrogen) atoms. The Morgan fingerprint density at radius 2 is 1.81 bits per heavy atom. The van der Waals surface area contributed by atoms with Crippen LogP contribution in [0.25, 0.3) is 0 Å². The Kier molecular flexibility index (Phi) is 8.15. The molecular weight excluding hydrogens is 376 g/mol. The number of rotatable bonds is 5. The largest absolute Gasteiger partial charge is 0.340 e. The van der Waals surface area contributed by atoms with E-state index >= 15 is 0 Å². The smallest absolute Gasteiger partial charge is 0.241 e. The van der Waals surface area contributed by atoms with Crippen LogP contribution in [-0.4, -0.2) is 92.1 Å². The van der Waals surface area contributed by atoms with Crippen molar-refractivity contribution in [1.29, 1.82) is 0 Å². The second-order valence-electron chi connectivity index (χ2n) is 7.45. The predicted molar refractivity (Wildman–Crippen MR) is 105 cm³/mol. The third-order valence-electron chi connectivity index (χ3n) is 5.70. The van der Waals surface area contributed by atoms with Crippen molar-refractivity contribution in [2.75, 3.05) is 51.6 Å². The van der Waals surface area contributed by atoms with Crippen molar-refractivity contribution >= 4 is 28.3 Å². The molecule has 0 saturated carbocycles. The number of carbonyl (C=O) groups excluding carboxylic acids is 1. The van der Waals surface area contributed by atoms with Crippen molar-refractivity contribution in [3.63, 3.8) is 0 Å². The van der Waals surface area contributed by atoms with Crippen molar-refractivity contribution in [3.8, 4) is 0 Å². The maximum Gasteiger partial charge on any atom is 0.241 e. The Bertz CT molecular complexity index is 568. The van der Waals surface area contributed by atoms with Crippen molar-refractivity contribution in [2.45, 2.75) is 51.1 Å². The zero-order chi connectivity index (χ0) is 17.9. The first-order valence-electron chi connectivity index (χ1n) is 9.76. The lowest BCUT2D eigenvalue weighted by atomic mass is 10.0. The van der Waals surface area contributed by atoms with E-state index in [1.165, 1.54) is 4.31 Å². The van der Waals surface area contributed by atoms with Gasteiger partial charge < -0.3 is 10.2 Å². The highest BCUT2D eigenvalue weighted by molar-refractivity contribution is 7.89. The average molecular weight is 409 g/mol. The minimum Gasteiger partial charge on any atom is -0.340 e. The molecule has 0 aromatic rings. The maximum atomic E-state index is 13.1. The molecule has 152 valence electrons. The topological polar surface area (TPSA) is 73.0 Å². The van der Waals surface area contributed by atoms with Crippen LogP contribution in [-0.2, 0) is 14.8 Å². The number of halogens is 1. The molecule has 0 bridgehead atoms. The highest BCUT2D eigenvalue weighted by Crippen LogP contribution is 2.25. The lowest BCUT2D eigenvalue weighted by Crippen LogP contribution is -2.54. The first kappa shape index (κ1) is 21.9. The lowest BCUT2D eigenvalue weighted by molar-refractivity contribution is -0.135. The van der Waals surface area contributed by atoms with Gasteiger partial charge in [-0.3, -0.25) is 9.69 Å². The third-order valence-corrected chi connectivity index (χ3v) is 7.78. The molecule has 0 radical (unpaired) electrons. The van der Waals surface area contributed by atoms with Crippen LogP contribution in [0.3, 0.4) is 0 Å². The summed E-state index contributed by atoms with van der Waals surface area (Å²) in [7, 11) is -3.32. The molecule has 2 atom stereocenters. The molecular formula is C17H33ClN4O3S. The summed E-state index contributed by atoms with van der Waals surface area (Å²) >= 11 is 0. The van der Waals surface area contributed by atoms with Gasteiger partial charge in [0.25, 0.3) is 0 Å². The van der Waals surface area contributed by atoms with Gasteiger partial charge in [0.05, 0.1) is 5.75 Å². The molecule has 3 rings (SSSR count). The molecule has 7 nitrogen and oxygen atoms in total. The van der Waals surface area contributed by atoms with E-state index in [2.05, 4.69) is 10.2 Å². The van der Waals surface area contributed by atoms with Gasteiger partial charge in [-0.25, -0.2) is 8.42 Å². The van der Waals surface area contributed by atoms with E-state index in [4.69, 9.17) is 0 Å². The van der Waals surface area contributed by atoms with Gasteiger partial charge in [-0.15, -0.1) is 12.4 Å². The van der Waals surface area contributed by atoms with Crippen LogP contribution >= 0.6 is 12.4 Å². The number of hydrogen-bond acceptors (Lipinski definition) is 5. The summed E-state index contributed by atoms with van der Waals surface area (Å²) in [6.07, 6.45) is 4.05. The van der Waals surface area contributed by atoms with Gasteiger partial charge in [0.2, 0.25) is 15.9 Å². The number of sulfonamides is 1. The molecule has 3 heterocycles. The van der Waals surface area contributed by atoms with E-state index < -0.39 is 16.1 Å². The number of nitrogens with one attached hydrogen (secondary N) is 1. The van der Waals surface area contributed by atoms with E-state index in [1.54, 1.807) is 0 Å². The Labute approximate surface area is 163 Å². The minimum atomic E-state index is -3.32. The van der Waals surface area contributed by atoms with Crippen LogP contribution in [0.4, 0.5) is 0 Å². The highest BCUT2D eigenvalue weighted by Gasteiger charge is 2.40. The zero-order valence-electron chi connectivity index (χ0n) is 15.7. The maximum absolute atomic E-state index is 13.1. The summed E-state index contributed by atoms with van der Waals surface area (Å²) in [5, 5.41) is 3.36. The standard InChI is InChI=1S/C17H32N4O3S.ClH/c1-2-13-25(23,24)21-9-4-3-5-16(21)17(22)20-10-6-15(14-20)19-11-7-18-8-12-19;/h15-16,18H,2-14H2,1H3;1H. The van der Waals surface area contributed by atoms with Crippen LogP contribution in [0.15, 0.2) is 0 Å². The van der Waals surface area contributed by atoms with Crippen molar-refractivity contribution in [2.24, 2.45) is 0 Å². The molecule has 2 unspecified atom stereocenters. The van der Waals surface area contributed by atoms with E-state index in [0.29, 0.717) is 25.4 Å². The van der Waals surface area contributed by atoms with Crippen LogP contribution in [0.5, 0.6) is 0 Å².